The van der Waals surface area contributed by atoms with Crippen LogP contribution in [0.25, 0.3) is 16.7 Å². The van der Waals surface area contributed by atoms with Crippen LogP contribution < -0.4 is 5.32 Å². The lowest BCUT2D eigenvalue weighted by atomic mass is 10.0. The van der Waals surface area contributed by atoms with Gasteiger partial charge in [-0.15, -0.1) is 0 Å². The van der Waals surface area contributed by atoms with Crippen LogP contribution in [0.5, 0.6) is 0 Å². The molecule has 1 unspecified atom stereocenters. The molecule has 136 valence electrons. The van der Waals surface area contributed by atoms with Gasteiger partial charge < -0.3 is 10.4 Å². The molecule has 0 saturated heterocycles. The summed E-state index contributed by atoms with van der Waals surface area (Å²) in [6, 6.07) is 17.4. The summed E-state index contributed by atoms with van der Waals surface area (Å²) in [7, 11) is 0. The van der Waals surface area contributed by atoms with E-state index in [4.69, 9.17) is 11.6 Å². The highest BCUT2D eigenvalue weighted by Crippen LogP contribution is 2.28. The van der Waals surface area contributed by atoms with E-state index in [0.29, 0.717) is 11.5 Å². The smallest absolute Gasteiger partial charge is 0.226 e. The predicted octanol–water partition coefficient (Wildman–Crippen LogP) is 4.13. The Balaban J connectivity index is 1.75. The van der Waals surface area contributed by atoms with E-state index in [2.05, 4.69) is 20.4 Å². The van der Waals surface area contributed by atoms with Gasteiger partial charge in [-0.2, -0.15) is 15.1 Å². The molecule has 0 aliphatic heterocycles. The van der Waals surface area contributed by atoms with Crippen molar-refractivity contribution in [3.8, 4) is 5.69 Å². The molecule has 0 spiro atoms. The van der Waals surface area contributed by atoms with Crippen LogP contribution in [-0.2, 0) is 6.61 Å². The summed E-state index contributed by atoms with van der Waals surface area (Å²) in [4.78, 5) is 8.72. The van der Waals surface area contributed by atoms with Crippen LogP contribution in [0.4, 0.5) is 5.82 Å². The Hall–Kier alpha value is -2.96. The fraction of sp³-hybridized carbons (Fsp3) is 0.150. The minimum absolute atomic E-state index is 0.0198. The predicted molar refractivity (Wildman–Crippen MR) is 106 cm³/mol. The maximum Gasteiger partial charge on any atom is 0.226 e. The quantitative estimate of drug-likeness (QED) is 0.510. The first-order valence-corrected chi connectivity index (χ1v) is 8.97. The van der Waals surface area contributed by atoms with Gasteiger partial charge in [0.1, 0.15) is 5.82 Å². The summed E-state index contributed by atoms with van der Waals surface area (Å²) in [6.45, 7) is 1.99. The van der Waals surface area contributed by atoms with Crippen molar-refractivity contribution in [2.45, 2.75) is 19.6 Å². The Morgan fingerprint density at radius 2 is 1.81 bits per heavy atom. The van der Waals surface area contributed by atoms with Gasteiger partial charge in [-0.25, -0.2) is 4.68 Å². The normalized spacial score (nSPS) is 12.3. The largest absolute Gasteiger partial charge is 0.392 e. The van der Waals surface area contributed by atoms with Gasteiger partial charge in [-0.3, -0.25) is 0 Å². The number of fused-ring (bicyclic) bond motifs is 1. The van der Waals surface area contributed by atoms with Crippen molar-refractivity contribution in [1.82, 2.24) is 19.7 Å². The van der Waals surface area contributed by atoms with Crippen LogP contribution in [0.15, 0.2) is 60.8 Å². The summed E-state index contributed by atoms with van der Waals surface area (Å²) in [5, 5.41) is 18.3. The third kappa shape index (κ3) is 3.37. The lowest BCUT2D eigenvalue weighted by Crippen LogP contribution is -2.11. The van der Waals surface area contributed by atoms with E-state index in [9.17, 15) is 5.11 Å². The molecule has 2 aromatic carbocycles. The Kier molecular flexibility index (Phi) is 4.75. The Labute approximate surface area is 161 Å². The molecular weight excluding hydrogens is 362 g/mol. The average Bonchev–Trinajstić information content (AvgIpc) is 3.12. The first-order valence-electron chi connectivity index (χ1n) is 8.59. The van der Waals surface area contributed by atoms with Gasteiger partial charge in [0, 0.05) is 0 Å². The van der Waals surface area contributed by atoms with Crippen molar-refractivity contribution in [3.63, 3.8) is 0 Å². The van der Waals surface area contributed by atoms with Gasteiger partial charge in [-0.1, -0.05) is 42.5 Å². The van der Waals surface area contributed by atoms with E-state index in [-0.39, 0.29) is 17.9 Å². The minimum Gasteiger partial charge on any atom is -0.392 e. The first-order chi connectivity index (χ1) is 13.2. The highest BCUT2D eigenvalue weighted by Gasteiger charge is 2.16. The number of nitrogens with one attached hydrogen (secondary N) is 1. The molecule has 0 amide bonds. The fourth-order valence-corrected chi connectivity index (χ4v) is 3.30. The minimum atomic E-state index is -0.0809. The third-order valence-electron chi connectivity index (χ3n) is 4.45. The second kappa shape index (κ2) is 7.34. The Bertz CT molecular complexity index is 1080. The van der Waals surface area contributed by atoms with Crippen LogP contribution in [0, 0.1) is 0 Å². The lowest BCUT2D eigenvalue weighted by molar-refractivity contribution is 0.280. The molecule has 27 heavy (non-hydrogen) atoms. The number of anilines is 1. The number of aliphatic hydroxyl groups is 1. The van der Waals surface area contributed by atoms with Crippen molar-refractivity contribution in [2.75, 3.05) is 5.32 Å². The third-order valence-corrected chi connectivity index (χ3v) is 4.62. The molecule has 2 aromatic heterocycles. The van der Waals surface area contributed by atoms with Gasteiger partial charge in [0.25, 0.3) is 0 Å². The number of hydrogen-bond donors (Lipinski definition) is 2. The van der Waals surface area contributed by atoms with Crippen molar-refractivity contribution in [1.29, 1.82) is 0 Å². The number of rotatable bonds is 5. The average molecular weight is 380 g/mol. The molecule has 0 aliphatic rings. The number of halogens is 1. The van der Waals surface area contributed by atoms with Crippen LogP contribution in [0.3, 0.4) is 0 Å². The van der Waals surface area contributed by atoms with Gasteiger partial charge in [0.05, 0.1) is 29.9 Å². The van der Waals surface area contributed by atoms with E-state index < -0.39 is 0 Å². The van der Waals surface area contributed by atoms with Crippen molar-refractivity contribution < 1.29 is 5.11 Å². The maximum atomic E-state index is 9.59. The maximum absolute atomic E-state index is 9.59. The summed E-state index contributed by atoms with van der Waals surface area (Å²) >= 11 is 6.18. The Morgan fingerprint density at radius 1 is 1.07 bits per heavy atom. The summed E-state index contributed by atoms with van der Waals surface area (Å²) < 4.78 is 1.74. The van der Waals surface area contributed by atoms with Crippen LogP contribution in [0.2, 0.25) is 5.28 Å². The molecule has 0 bridgehead atoms. The standard InChI is InChI=1S/C20H18ClN5O/c1-13(16-10-6-5-7-14(16)12-27)23-18-17-11-22-26(15-8-3-2-4-9-15)19(17)25-20(21)24-18/h2-11,13,27H,12H2,1H3,(H,23,24,25). The van der Waals surface area contributed by atoms with Crippen LogP contribution in [0.1, 0.15) is 24.1 Å². The van der Waals surface area contributed by atoms with Crippen LogP contribution in [-0.4, -0.2) is 24.9 Å². The van der Waals surface area contributed by atoms with E-state index in [1.807, 2.05) is 61.5 Å². The number of aromatic nitrogens is 4. The van der Waals surface area contributed by atoms with Gasteiger partial charge in [0.2, 0.25) is 5.28 Å². The highest BCUT2D eigenvalue weighted by molar-refractivity contribution is 6.28. The van der Waals surface area contributed by atoms with E-state index in [0.717, 1.165) is 22.2 Å². The molecule has 0 aliphatic carbocycles. The monoisotopic (exact) mass is 379 g/mol. The number of hydrogen-bond acceptors (Lipinski definition) is 5. The first kappa shape index (κ1) is 17.5. The summed E-state index contributed by atoms with van der Waals surface area (Å²) in [5.41, 5.74) is 3.39. The second-order valence-corrected chi connectivity index (χ2v) is 6.53. The molecule has 1 atom stereocenters. The highest BCUT2D eigenvalue weighted by atomic mass is 35.5. The zero-order valence-corrected chi connectivity index (χ0v) is 15.4. The van der Waals surface area contributed by atoms with E-state index in [1.165, 1.54) is 0 Å². The SMILES string of the molecule is CC(Nc1nc(Cl)nc2c1cnn2-c1ccccc1)c1ccccc1CO. The molecule has 0 radical (unpaired) electrons. The molecular formula is C20H18ClN5O. The zero-order chi connectivity index (χ0) is 18.8. The number of para-hydroxylation sites is 1. The fourth-order valence-electron chi connectivity index (χ4n) is 3.13. The lowest BCUT2D eigenvalue weighted by Gasteiger charge is -2.18. The van der Waals surface area contributed by atoms with Crippen LogP contribution >= 0.6 is 11.6 Å². The van der Waals surface area contributed by atoms with Gasteiger partial charge in [0.15, 0.2) is 5.65 Å². The van der Waals surface area contributed by atoms with Crippen molar-refractivity contribution in [2.24, 2.45) is 0 Å². The zero-order valence-electron chi connectivity index (χ0n) is 14.7. The molecule has 0 fully saturated rings. The molecule has 4 aromatic rings. The second-order valence-electron chi connectivity index (χ2n) is 6.19. The molecule has 4 rings (SSSR count). The molecule has 2 heterocycles. The van der Waals surface area contributed by atoms with Gasteiger partial charge in [-0.05, 0) is 41.8 Å². The number of nitrogens with zero attached hydrogens (tertiary/aromatic N) is 4. The topological polar surface area (TPSA) is 75.9 Å². The summed E-state index contributed by atoms with van der Waals surface area (Å²) in [5.74, 6) is 0.604. The number of benzene rings is 2. The van der Waals surface area contributed by atoms with E-state index >= 15 is 0 Å². The van der Waals surface area contributed by atoms with Gasteiger partial charge >= 0.3 is 0 Å². The van der Waals surface area contributed by atoms with E-state index in [1.54, 1.807) is 10.9 Å². The number of aliphatic hydroxyl groups excluding tert-OH is 1. The Morgan fingerprint density at radius 3 is 2.59 bits per heavy atom. The van der Waals surface area contributed by atoms with Crippen molar-refractivity contribution in [3.05, 3.63) is 77.2 Å². The van der Waals surface area contributed by atoms with Crippen molar-refractivity contribution >= 4 is 28.5 Å². The molecule has 0 saturated carbocycles. The summed E-state index contributed by atoms with van der Waals surface area (Å²) in [6.07, 6.45) is 1.73. The molecule has 2 N–H and O–H groups in total. The molecule has 7 heteroatoms. The molecule has 6 nitrogen and oxygen atoms in total.